The van der Waals surface area contributed by atoms with Crippen molar-refractivity contribution in [2.75, 3.05) is 0 Å². The van der Waals surface area contributed by atoms with Gasteiger partial charge in [-0.05, 0) is 25.7 Å². The highest BCUT2D eigenvalue weighted by molar-refractivity contribution is 5.06. The number of alkyl halides is 6. The Hall–Kier alpha value is -0.880. The topological polar surface area (TPSA) is 3.24 Å². The Morgan fingerprint density at radius 2 is 1.47 bits per heavy atom. The summed E-state index contributed by atoms with van der Waals surface area (Å²) in [7, 11) is 0. The summed E-state index contributed by atoms with van der Waals surface area (Å²) in [6.07, 6.45) is -8.73. The van der Waals surface area contributed by atoms with E-state index in [-0.39, 0.29) is 12.8 Å². The van der Waals surface area contributed by atoms with E-state index in [2.05, 4.69) is 0 Å². The second-order valence-corrected chi connectivity index (χ2v) is 3.21. The summed E-state index contributed by atoms with van der Waals surface area (Å²) in [6, 6.07) is 0. The van der Waals surface area contributed by atoms with E-state index in [0.29, 0.717) is 12.8 Å². The average Bonchev–Trinajstić information content (AvgIpc) is 2.00. The fourth-order valence-electron chi connectivity index (χ4n) is 1.49. The van der Waals surface area contributed by atoms with Crippen LogP contribution in [0.2, 0.25) is 0 Å². The summed E-state index contributed by atoms with van der Waals surface area (Å²) in [5, 5.41) is 0. The van der Waals surface area contributed by atoms with E-state index in [4.69, 9.17) is 0 Å². The number of rotatable bonds is 1. The molecule has 0 spiro atoms. The number of hydrogen-bond acceptors (Lipinski definition) is 1. The Morgan fingerprint density at radius 3 is 1.80 bits per heavy atom. The molecule has 1 rings (SSSR count). The third-order valence-electron chi connectivity index (χ3n) is 2.06. The summed E-state index contributed by atoms with van der Waals surface area (Å²) in [5.74, 6) is 0. The molecule has 0 N–H and O–H groups in total. The Labute approximate surface area is 82.4 Å². The number of nitrogens with zero attached hydrogens (tertiary/aromatic N) is 1. The normalized spacial score (nSPS) is 18.7. The second-order valence-electron chi connectivity index (χ2n) is 3.21. The molecule has 0 unspecified atom stereocenters. The van der Waals surface area contributed by atoms with Crippen LogP contribution in [0.3, 0.4) is 0 Å². The molecule has 88 valence electrons. The highest BCUT2D eigenvalue weighted by Gasteiger charge is 2.54. The molecule has 0 aromatic heterocycles. The van der Waals surface area contributed by atoms with Crippen LogP contribution in [-0.2, 0) is 0 Å². The van der Waals surface area contributed by atoms with Crippen molar-refractivity contribution in [1.82, 2.24) is 4.90 Å². The molecule has 0 atom stereocenters. The maximum Gasteiger partial charge on any atom is 0.491 e. The SMILES string of the molecule is FC(F)(F)N(C1=CCCCC1)C(F)(F)F. The quantitative estimate of drug-likeness (QED) is 0.492. The minimum Gasteiger partial charge on any atom is -0.198 e. The largest absolute Gasteiger partial charge is 0.491 e. The maximum atomic E-state index is 12.2. The van der Waals surface area contributed by atoms with E-state index < -0.39 is 23.2 Å². The van der Waals surface area contributed by atoms with Crippen molar-refractivity contribution < 1.29 is 26.3 Å². The number of allylic oxidation sites excluding steroid dienone is 2. The van der Waals surface area contributed by atoms with Gasteiger partial charge >= 0.3 is 12.6 Å². The molecule has 0 radical (unpaired) electrons. The van der Waals surface area contributed by atoms with Crippen LogP contribution in [0.5, 0.6) is 0 Å². The van der Waals surface area contributed by atoms with E-state index in [9.17, 15) is 26.3 Å². The molecule has 1 aliphatic rings. The van der Waals surface area contributed by atoms with Crippen LogP contribution < -0.4 is 0 Å². The molecule has 0 saturated carbocycles. The van der Waals surface area contributed by atoms with Crippen LogP contribution in [0, 0.1) is 0 Å². The predicted molar refractivity (Wildman–Crippen MR) is 40.5 cm³/mol. The van der Waals surface area contributed by atoms with Gasteiger partial charge in [0, 0.05) is 5.70 Å². The summed E-state index contributed by atoms with van der Waals surface area (Å²) < 4.78 is 73.0. The van der Waals surface area contributed by atoms with Crippen LogP contribution in [0.25, 0.3) is 0 Å². The molecular weight excluding hydrogens is 224 g/mol. The van der Waals surface area contributed by atoms with Crippen molar-refractivity contribution in [3.05, 3.63) is 11.8 Å². The lowest BCUT2D eigenvalue weighted by Gasteiger charge is -2.32. The third kappa shape index (κ3) is 3.04. The summed E-state index contributed by atoms with van der Waals surface area (Å²) in [4.78, 5) is -1.40. The molecule has 0 aromatic rings. The van der Waals surface area contributed by atoms with Gasteiger partial charge in [0.25, 0.3) is 0 Å². The second kappa shape index (κ2) is 3.94. The minimum absolute atomic E-state index is 0.182. The smallest absolute Gasteiger partial charge is 0.198 e. The van der Waals surface area contributed by atoms with Crippen LogP contribution in [0.15, 0.2) is 11.8 Å². The molecule has 0 bridgehead atoms. The van der Waals surface area contributed by atoms with Crippen LogP contribution in [0.4, 0.5) is 26.3 Å². The van der Waals surface area contributed by atoms with Crippen LogP contribution in [0.1, 0.15) is 25.7 Å². The number of halogens is 6. The van der Waals surface area contributed by atoms with Crippen molar-refractivity contribution in [3.63, 3.8) is 0 Å². The standard InChI is InChI=1S/C8H9F6N/c9-7(10,11)15(8(12,13)14)6-4-2-1-3-5-6/h4H,1-3,5H2. The van der Waals surface area contributed by atoms with Gasteiger partial charge in [-0.1, -0.05) is 6.08 Å². The first kappa shape index (κ1) is 12.2. The zero-order chi connectivity index (χ0) is 11.7. The lowest BCUT2D eigenvalue weighted by atomic mass is 10.0. The van der Waals surface area contributed by atoms with Crippen molar-refractivity contribution in [2.45, 2.75) is 38.3 Å². The van der Waals surface area contributed by atoms with Gasteiger partial charge in [-0.2, -0.15) is 4.90 Å². The fraction of sp³-hybridized carbons (Fsp3) is 0.750. The molecule has 0 saturated heterocycles. The van der Waals surface area contributed by atoms with Crippen LogP contribution >= 0.6 is 0 Å². The monoisotopic (exact) mass is 233 g/mol. The Kier molecular flexibility index (Phi) is 3.20. The molecule has 15 heavy (non-hydrogen) atoms. The van der Waals surface area contributed by atoms with Gasteiger partial charge in [0.05, 0.1) is 0 Å². The molecule has 0 aliphatic heterocycles. The minimum atomic E-state index is -5.40. The number of hydrogen-bond donors (Lipinski definition) is 0. The zero-order valence-corrected chi connectivity index (χ0v) is 7.62. The first-order chi connectivity index (χ1) is 6.73. The van der Waals surface area contributed by atoms with E-state index in [1.165, 1.54) is 0 Å². The van der Waals surface area contributed by atoms with E-state index in [1.54, 1.807) is 0 Å². The molecule has 0 fully saturated rings. The fourth-order valence-corrected chi connectivity index (χ4v) is 1.49. The Morgan fingerprint density at radius 1 is 0.933 bits per heavy atom. The molecule has 0 aromatic carbocycles. The Balaban J connectivity index is 2.96. The zero-order valence-electron chi connectivity index (χ0n) is 7.62. The van der Waals surface area contributed by atoms with Crippen molar-refractivity contribution in [3.8, 4) is 0 Å². The molecule has 0 amide bonds. The van der Waals surface area contributed by atoms with Gasteiger partial charge in [-0.15, -0.1) is 26.3 Å². The van der Waals surface area contributed by atoms with E-state index in [1.807, 2.05) is 0 Å². The first-order valence-electron chi connectivity index (χ1n) is 4.36. The van der Waals surface area contributed by atoms with Gasteiger partial charge in [0.1, 0.15) is 0 Å². The van der Waals surface area contributed by atoms with Crippen LogP contribution in [-0.4, -0.2) is 17.5 Å². The first-order valence-corrected chi connectivity index (χ1v) is 4.36. The van der Waals surface area contributed by atoms with Gasteiger partial charge in [0.15, 0.2) is 0 Å². The highest BCUT2D eigenvalue weighted by Crippen LogP contribution is 2.39. The lowest BCUT2D eigenvalue weighted by molar-refractivity contribution is -0.360. The molecule has 0 heterocycles. The summed E-state index contributed by atoms with van der Waals surface area (Å²) in [6.45, 7) is 0. The van der Waals surface area contributed by atoms with Crippen molar-refractivity contribution in [1.29, 1.82) is 0 Å². The maximum absolute atomic E-state index is 12.2. The van der Waals surface area contributed by atoms with Gasteiger partial charge in [-0.25, -0.2) is 0 Å². The Bertz CT molecular complexity index is 237. The predicted octanol–water partition coefficient (Wildman–Crippen LogP) is 3.79. The highest BCUT2D eigenvalue weighted by atomic mass is 19.4. The lowest BCUT2D eigenvalue weighted by Crippen LogP contribution is -2.47. The summed E-state index contributed by atoms with van der Waals surface area (Å²) >= 11 is 0. The summed E-state index contributed by atoms with van der Waals surface area (Å²) in [5.41, 5.74) is -0.693. The van der Waals surface area contributed by atoms with Gasteiger partial charge in [-0.3, -0.25) is 0 Å². The van der Waals surface area contributed by atoms with Gasteiger partial charge in [0.2, 0.25) is 0 Å². The van der Waals surface area contributed by atoms with Gasteiger partial charge < -0.3 is 0 Å². The molecule has 7 heteroatoms. The molecular formula is C8H9F6N. The van der Waals surface area contributed by atoms with E-state index in [0.717, 1.165) is 6.08 Å². The molecule has 1 aliphatic carbocycles. The van der Waals surface area contributed by atoms with Crippen molar-refractivity contribution in [2.24, 2.45) is 0 Å². The third-order valence-corrected chi connectivity index (χ3v) is 2.06. The molecule has 1 nitrogen and oxygen atoms in total. The average molecular weight is 233 g/mol. The van der Waals surface area contributed by atoms with Crippen molar-refractivity contribution >= 4 is 0 Å². The van der Waals surface area contributed by atoms with E-state index >= 15 is 0 Å².